The van der Waals surface area contributed by atoms with Gasteiger partial charge in [-0.1, -0.05) is 22.2 Å². The zero-order chi connectivity index (χ0) is 15.2. The van der Waals surface area contributed by atoms with Crippen LogP contribution in [0.3, 0.4) is 0 Å². The lowest BCUT2D eigenvalue weighted by Gasteiger charge is -2.06. The number of aromatic nitrogens is 2. The van der Waals surface area contributed by atoms with Crippen molar-refractivity contribution in [2.45, 2.75) is 13.8 Å². The quantitative estimate of drug-likeness (QED) is 0.847. The van der Waals surface area contributed by atoms with E-state index >= 15 is 0 Å². The molecule has 0 aliphatic carbocycles. The number of hydrogen-bond donors (Lipinski definition) is 2. The molecule has 1 aromatic carbocycles. The number of amides is 2. The first-order valence-electron chi connectivity index (χ1n) is 6.24. The Hall–Kier alpha value is -2.48. The molecule has 8 heteroatoms. The number of carbonyl (C=O) groups excluding carboxylic acids is 2. The van der Waals surface area contributed by atoms with Crippen LogP contribution in [0, 0.1) is 6.92 Å². The number of aryl methyl sites for hydroxylation is 1. The monoisotopic (exact) mass is 306 g/mol. The van der Waals surface area contributed by atoms with E-state index in [-0.39, 0.29) is 17.3 Å². The van der Waals surface area contributed by atoms with Crippen molar-refractivity contribution < 1.29 is 14.3 Å². The molecular weight excluding hydrogens is 292 g/mol. The van der Waals surface area contributed by atoms with Gasteiger partial charge in [-0.3, -0.25) is 5.32 Å². The summed E-state index contributed by atoms with van der Waals surface area (Å²) in [7, 11) is 0. The maximum Gasteiger partial charge on any atom is 0.362 e. The minimum atomic E-state index is -0.614. The van der Waals surface area contributed by atoms with Crippen molar-refractivity contribution in [2.75, 3.05) is 17.2 Å². The Labute approximate surface area is 125 Å². The maximum absolute atomic E-state index is 11.9. The van der Waals surface area contributed by atoms with Gasteiger partial charge in [0.2, 0.25) is 5.69 Å². The van der Waals surface area contributed by atoms with Crippen molar-refractivity contribution >= 4 is 34.2 Å². The van der Waals surface area contributed by atoms with Gasteiger partial charge in [-0.25, -0.2) is 9.59 Å². The van der Waals surface area contributed by atoms with Gasteiger partial charge in [-0.15, -0.1) is 5.10 Å². The molecule has 2 rings (SSSR count). The van der Waals surface area contributed by atoms with Gasteiger partial charge in [0.15, 0.2) is 5.00 Å². The SMILES string of the molecule is CCOC(=O)c1nnsc1NC(=O)Nc1ccc(C)cc1. The summed E-state index contributed by atoms with van der Waals surface area (Å²) in [6, 6.07) is 6.86. The van der Waals surface area contributed by atoms with Gasteiger partial charge in [0.05, 0.1) is 6.61 Å². The Morgan fingerprint density at radius 1 is 1.24 bits per heavy atom. The maximum atomic E-state index is 11.9. The van der Waals surface area contributed by atoms with Crippen LogP contribution in [0.15, 0.2) is 24.3 Å². The lowest BCUT2D eigenvalue weighted by Crippen LogP contribution is -2.20. The largest absolute Gasteiger partial charge is 0.461 e. The van der Waals surface area contributed by atoms with Crippen molar-refractivity contribution in [1.82, 2.24) is 9.59 Å². The second kappa shape index (κ2) is 6.80. The number of rotatable bonds is 4. The Bertz CT molecular complexity index is 639. The molecule has 0 bridgehead atoms. The third kappa shape index (κ3) is 3.99. The van der Waals surface area contributed by atoms with Gasteiger partial charge in [0.1, 0.15) is 0 Å². The zero-order valence-electron chi connectivity index (χ0n) is 11.5. The summed E-state index contributed by atoms with van der Waals surface area (Å²) in [5, 5.41) is 9.10. The lowest BCUT2D eigenvalue weighted by atomic mass is 10.2. The van der Waals surface area contributed by atoms with E-state index in [1.54, 1.807) is 19.1 Å². The lowest BCUT2D eigenvalue weighted by molar-refractivity contribution is 0.0520. The average Bonchev–Trinajstić information content (AvgIpc) is 2.90. The molecule has 0 fully saturated rings. The molecule has 0 saturated heterocycles. The summed E-state index contributed by atoms with van der Waals surface area (Å²) in [5.74, 6) is -0.614. The summed E-state index contributed by atoms with van der Waals surface area (Å²) >= 11 is 0.911. The molecule has 0 atom stereocenters. The molecule has 0 aliphatic heterocycles. The van der Waals surface area contributed by atoms with Gasteiger partial charge < -0.3 is 10.1 Å². The summed E-state index contributed by atoms with van der Waals surface area (Å²) in [6.45, 7) is 3.87. The molecular formula is C13H14N4O3S. The molecule has 2 N–H and O–H groups in total. The van der Waals surface area contributed by atoms with Gasteiger partial charge in [-0.05, 0) is 26.0 Å². The average molecular weight is 306 g/mol. The summed E-state index contributed by atoms with van der Waals surface area (Å²) in [5.41, 5.74) is 1.74. The highest BCUT2D eigenvalue weighted by Crippen LogP contribution is 2.19. The smallest absolute Gasteiger partial charge is 0.362 e. The molecule has 0 radical (unpaired) electrons. The Morgan fingerprint density at radius 3 is 2.62 bits per heavy atom. The number of nitrogens with one attached hydrogen (secondary N) is 2. The summed E-state index contributed by atoms with van der Waals surface area (Å²) in [6.07, 6.45) is 0. The van der Waals surface area contributed by atoms with Crippen molar-refractivity contribution in [3.05, 3.63) is 35.5 Å². The molecule has 0 spiro atoms. The number of benzene rings is 1. The second-order valence-corrected chi connectivity index (χ2v) is 4.87. The van der Waals surface area contributed by atoms with E-state index in [2.05, 4.69) is 20.2 Å². The highest BCUT2D eigenvalue weighted by atomic mass is 32.1. The molecule has 0 aliphatic rings. The first kappa shape index (κ1) is 14.9. The van der Waals surface area contributed by atoms with E-state index in [4.69, 9.17) is 4.74 Å². The van der Waals surface area contributed by atoms with Gasteiger partial charge in [-0.2, -0.15) is 0 Å². The Morgan fingerprint density at radius 2 is 1.95 bits per heavy atom. The molecule has 0 saturated carbocycles. The van der Waals surface area contributed by atoms with E-state index in [1.165, 1.54) is 0 Å². The molecule has 2 amide bonds. The minimum Gasteiger partial charge on any atom is -0.461 e. The zero-order valence-corrected chi connectivity index (χ0v) is 12.4. The number of nitrogens with zero attached hydrogens (tertiary/aromatic N) is 2. The van der Waals surface area contributed by atoms with Crippen LogP contribution in [0.2, 0.25) is 0 Å². The number of esters is 1. The van der Waals surface area contributed by atoms with Crippen LogP contribution < -0.4 is 10.6 Å². The van der Waals surface area contributed by atoms with Crippen LogP contribution in [-0.4, -0.2) is 28.2 Å². The minimum absolute atomic E-state index is 0.000839. The summed E-state index contributed by atoms with van der Waals surface area (Å²) < 4.78 is 8.48. The van der Waals surface area contributed by atoms with Gasteiger partial charge in [0.25, 0.3) is 0 Å². The molecule has 7 nitrogen and oxygen atoms in total. The van der Waals surface area contributed by atoms with E-state index in [0.717, 1.165) is 17.1 Å². The van der Waals surface area contributed by atoms with Crippen molar-refractivity contribution in [1.29, 1.82) is 0 Å². The van der Waals surface area contributed by atoms with E-state index in [1.807, 2.05) is 19.1 Å². The Kier molecular flexibility index (Phi) is 4.83. The van der Waals surface area contributed by atoms with Crippen LogP contribution in [0.25, 0.3) is 0 Å². The summed E-state index contributed by atoms with van der Waals surface area (Å²) in [4.78, 5) is 23.5. The third-order valence-electron chi connectivity index (χ3n) is 2.49. The molecule has 1 aromatic heterocycles. The predicted molar refractivity (Wildman–Crippen MR) is 79.7 cm³/mol. The van der Waals surface area contributed by atoms with Crippen molar-refractivity contribution in [3.63, 3.8) is 0 Å². The molecule has 0 unspecified atom stereocenters. The van der Waals surface area contributed by atoms with E-state index < -0.39 is 12.0 Å². The van der Waals surface area contributed by atoms with Crippen LogP contribution in [0.1, 0.15) is 23.0 Å². The fraction of sp³-hybridized carbons (Fsp3) is 0.231. The number of urea groups is 1. The second-order valence-electron chi connectivity index (χ2n) is 4.12. The normalized spacial score (nSPS) is 10.0. The number of hydrogen-bond acceptors (Lipinski definition) is 6. The van der Waals surface area contributed by atoms with E-state index in [9.17, 15) is 9.59 Å². The standard InChI is InChI=1S/C13H14N4O3S/c1-3-20-12(18)10-11(21-17-16-10)15-13(19)14-9-6-4-8(2)5-7-9/h4-7H,3H2,1-2H3,(H2,14,15,19). The predicted octanol–water partition coefficient (Wildman–Crippen LogP) is 2.67. The topological polar surface area (TPSA) is 93.2 Å². The highest BCUT2D eigenvalue weighted by molar-refractivity contribution is 7.10. The van der Waals surface area contributed by atoms with Crippen LogP contribution in [0.5, 0.6) is 0 Å². The Balaban J connectivity index is 2.01. The first-order chi connectivity index (χ1) is 10.1. The third-order valence-corrected chi connectivity index (χ3v) is 3.13. The van der Waals surface area contributed by atoms with E-state index in [0.29, 0.717) is 5.69 Å². The fourth-order valence-corrected chi connectivity index (χ4v) is 2.06. The highest BCUT2D eigenvalue weighted by Gasteiger charge is 2.19. The van der Waals surface area contributed by atoms with Crippen LogP contribution in [0.4, 0.5) is 15.5 Å². The van der Waals surface area contributed by atoms with Crippen molar-refractivity contribution in [3.8, 4) is 0 Å². The van der Waals surface area contributed by atoms with Crippen LogP contribution >= 0.6 is 11.5 Å². The van der Waals surface area contributed by atoms with Crippen LogP contribution in [-0.2, 0) is 4.74 Å². The molecule has 110 valence electrons. The van der Waals surface area contributed by atoms with Gasteiger partial charge in [0, 0.05) is 17.2 Å². The number of ether oxygens (including phenoxy) is 1. The molecule has 21 heavy (non-hydrogen) atoms. The fourth-order valence-electron chi connectivity index (χ4n) is 1.51. The molecule has 1 heterocycles. The van der Waals surface area contributed by atoms with Gasteiger partial charge >= 0.3 is 12.0 Å². The first-order valence-corrected chi connectivity index (χ1v) is 7.01. The number of carbonyl (C=O) groups is 2. The number of anilines is 2. The van der Waals surface area contributed by atoms with Crippen molar-refractivity contribution in [2.24, 2.45) is 0 Å². The molecule has 2 aromatic rings.